The lowest BCUT2D eigenvalue weighted by atomic mass is 10.1. The topological polar surface area (TPSA) is 126 Å². The Balaban J connectivity index is 0.000000181. The van der Waals surface area contributed by atoms with Crippen molar-refractivity contribution in [2.75, 3.05) is 10.6 Å². The molecular weight excluding hydrogens is 763 g/mol. The maximum atomic E-state index is 14.5. The average Bonchev–Trinajstić information content (AvgIpc) is 3.21. The summed E-state index contributed by atoms with van der Waals surface area (Å²) in [5.74, 6) is -1.73. The highest BCUT2D eigenvalue weighted by atomic mass is 19.1. The molecule has 0 aliphatic heterocycles. The highest BCUT2D eigenvalue weighted by Gasteiger charge is 2.25. The zero-order valence-electron chi connectivity index (χ0n) is 33.6. The number of amides is 2. The molecule has 0 saturated heterocycles. The highest BCUT2D eigenvalue weighted by molar-refractivity contribution is 6.02. The maximum Gasteiger partial charge on any atom is 0.242 e. The minimum absolute atomic E-state index is 0.000610. The van der Waals surface area contributed by atoms with Gasteiger partial charge in [0.15, 0.2) is 11.0 Å². The van der Waals surface area contributed by atoms with Crippen molar-refractivity contribution >= 4 is 78.9 Å². The van der Waals surface area contributed by atoms with E-state index in [-0.39, 0.29) is 48.8 Å². The highest BCUT2D eigenvalue weighted by Crippen LogP contribution is 2.28. The first-order valence-corrected chi connectivity index (χ1v) is 19.5. The molecule has 0 atom stereocenters. The number of halogens is 2. The van der Waals surface area contributed by atoms with Crippen LogP contribution in [0.25, 0.3) is 55.5 Å². The molecule has 60 heavy (non-hydrogen) atoms. The third-order valence-electron chi connectivity index (χ3n) is 9.77. The first-order valence-electron chi connectivity index (χ1n) is 19.5. The van der Waals surface area contributed by atoms with E-state index in [1.54, 1.807) is 4.57 Å². The maximum absolute atomic E-state index is 14.5. The number of para-hydroxylation sites is 2. The van der Waals surface area contributed by atoms with E-state index in [4.69, 9.17) is 4.98 Å². The van der Waals surface area contributed by atoms with Gasteiger partial charge in [0.1, 0.15) is 34.2 Å². The number of aromatic nitrogens is 4. The molecule has 6 aromatic carbocycles. The van der Waals surface area contributed by atoms with E-state index in [1.165, 1.54) is 44.2 Å². The van der Waals surface area contributed by atoms with Crippen LogP contribution in [0.4, 0.5) is 20.2 Å². The monoisotopic (exact) mass is 804 g/mol. The number of hydrogen-bond donors (Lipinski definition) is 2. The second-order valence-corrected chi connectivity index (χ2v) is 14.7. The molecule has 0 saturated carbocycles. The van der Waals surface area contributed by atoms with Gasteiger partial charge in [-0.3, -0.25) is 9.59 Å². The third-order valence-corrected chi connectivity index (χ3v) is 9.77. The van der Waals surface area contributed by atoms with Gasteiger partial charge in [0.05, 0.1) is 11.4 Å². The Hall–Kier alpha value is -7.34. The molecule has 0 radical (unpaired) electrons. The number of Topliss-reactive ketones (excluding diaryl/α,β-unsaturated/α-hetero) is 2. The molecule has 0 aliphatic carbocycles. The van der Waals surface area contributed by atoms with Crippen molar-refractivity contribution in [3.05, 3.63) is 144 Å². The SMILES string of the molecule is CC(=O)CCC(=O)Nc1cc(C)cc2c1nc1ccc(C)cc1[n+]2-c1ccccc1.CC(=O)CCC(=O)Nc1cc(F)cc2c1nc1ccc(F)cc1[n+]2-c1ccccc1. The summed E-state index contributed by atoms with van der Waals surface area (Å²) in [5, 5.41) is 5.62. The molecule has 0 fully saturated rings. The fourth-order valence-electron chi connectivity index (χ4n) is 7.00. The third kappa shape index (κ3) is 9.18. The Morgan fingerprint density at radius 3 is 1.48 bits per heavy atom. The van der Waals surface area contributed by atoms with E-state index >= 15 is 0 Å². The van der Waals surface area contributed by atoms with Crippen LogP contribution >= 0.6 is 0 Å². The quantitative estimate of drug-likeness (QED) is 0.105. The first-order chi connectivity index (χ1) is 28.8. The van der Waals surface area contributed by atoms with E-state index in [9.17, 15) is 28.0 Å². The Morgan fingerprint density at radius 2 is 0.950 bits per heavy atom. The Kier molecular flexibility index (Phi) is 12.0. The van der Waals surface area contributed by atoms with Crippen LogP contribution < -0.4 is 19.8 Å². The summed E-state index contributed by atoms with van der Waals surface area (Å²) in [6.07, 6.45) is 0.481. The largest absolute Gasteiger partial charge is 0.324 e. The number of ketones is 2. The number of rotatable bonds is 10. The van der Waals surface area contributed by atoms with Gasteiger partial charge in [0, 0.05) is 80.3 Å². The van der Waals surface area contributed by atoms with E-state index in [0.29, 0.717) is 33.4 Å². The molecule has 8 rings (SSSR count). The molecule has 300 valence electrons. The van der Waals surface area contributed by atoms with Crippen molar-refractivity contribution in [1.82, 2.24) is 9.97 Å². The number of nitrogens with one attached hydrogen (secondary N) is 2. The molecule has 2 heterocycles. The summed E-state index contributed by atoms with van der Waals surface area (Å²) in [6, 6.07) is 36.1. The zero-order chi connectivity index (χ0) is 42.5. The molecule has 8 aromatic rings. The minimum atomic E-state index is -0.577. The lowest BCUT2D eigenvalue weighted by Crippen LogP contribution is -2.33. The second kappa shape index (κ2) is 17.7. The predicted octanol–water partition coefficient (Wildman–Crippen LogP) is 8.84. The van der Waals surface area contributed by atoms with Gasteiger partial charge >= 0.3 is 0 Å². The molecule has 2 aromatic heterocycles. The van der Waals surface area contributed by atoms with Crippen molar-refractivity contribution < 1.29 is 37.1 Å². The van der Waals surface area contributed by atoms with Crippen LogP contribution in [0.1, 0.15) is 50.7 Å². The molecule has 2 amide bonds. The molecule has 2 N–H and O–H groups in total. The molecule has 12 heteroatoms. The van der Waals surface area contributed by atoms with Crippen LogP contribution in [0.5, 0.6) is 0 Å². The van der Waals surface area contributed by atoms with Crippen molar-refractivity contribution in [3.63, 3.8) is 0 Å². The van der Waals surface area contributed by atoms with Gasteiger partial charge < -0.3 is 20.2 Å². The van der Waals surface area contributed by atoms with Gasteiger partial charge in [0.25, 0.3) is 0 Å². The number of nitrogens with zero attached hydrogens (tertiary/aromatic N) is 4. The van der Waals surface area contributed by atoms with Crippen molar-refractivity contribution in [2.45, 2.75) is 53.4 Å². The fraction of sp³-hybridized carbons (Fsp3) is 0.167. The molecule has 0 bridgehead atoms. The Bertz CT molecular complexity index is 2780. The number of carbonyl (C=O) groups is 4. The summed E-state index contributed by atoms with van der Waals surface area (Å²) >= 11 is 0. The fourth-order valence-corrected chi connectivity index (χ4v) is 7.00. The van der Waals surface area contributed by atoms with Crippen molar-refractivity contribution in [2.24, 2.45) is 0 Å². The normalized spacial score (nSPS) is 11.0. The summed E-state index contributed by atoms with van der Waals surface area (Å²) < 4.78 is 32.4. The van der Waals surface area contributed by atoms with Crippen molar-refractivity contribution in [1.29, 1.82) is 0 Å². The molecule has 0 aliphatic rings. The lowest BCUT2D eigenvalue weighted by Gasteiger charge is -2.11. The lowest BCUT2D eigenvalue weighted by molar-refractivity contribution is -0.538. The molecular formula is C48H42F2N6O4+2. The van der Waals surface area contributed by atoms with Gasteiger partial charge in [-0.2, -0.15) is 0 Å². The molecule has 0 spiro atoms. The summed E-state index contributed by atoms with van der Waals surface area (Å²) in [5.41, 5.74) is 9.91. The predicted molar refractivity (Wildman–Crippen MR) is 228 cm³/mol. The first kappa shape index (κ1) is 40.8. The summed E-state index contributed by atoms with van der Waals surface area (Å²) in [4.78, 5) is 56.6. The summed E-state index contributed by atoms with van der Waals surface area (Å²) in [7, 11) is 0. The van der Waals surface area contributed by atoms with Crippen LogP contribution in [-0.4, -0.2) is 33.3 Å². The van der Waals surface area contributed by atoms with Crippen LogP contribution in [0.2, 0.25) is 0 Å². The van der Waals surface area contributed by atoms with E-state index in [0.717, 1.165) is 38.9 Å². The summed E-state index contributed by atoms with van der Waals surface area (Å²) in [6.45, 7) is 6.96. The Morgan fingerprint density at radius 1 is 0.500 bits per heavy atom. The van der Waals surface area contributed by atoms with E-state index in [1.807, 2.05) is 73.7 Å². The van der Waals surface area contributed by atoms with Gasteiger partial charge in [-0.05, 0) is 63.1 Å². The van der Waals surface area contributed by atoms with Crippen LogP contribution in [-0.2, 0) is 19.2 Å². The van der Waals surface area contributed by atoms with Gasteiger partial charge in [-0.1, -0.05) is 42.5 Å². The van der Waals surface area contributed by atoms with Crippen LogP contribution in [0.15, 0.2) is 121 Å². The smallest absolute Gasteiger partial charge is 0.242 e. The van der Waals surface area contributed by atoms with Gasteiger partial charge in [-0.15, -0.1) is 9.13 Å². The van der Waals surface area contributed by atoms with Crippen molar-refractivity contribution in [3.8, 4) is 11.4 Å². The van der Waals surface area contributed by atoms with E-state index in [2.05, 4.69) is 51.4 Å². The molecule has 0 unspecified atom stereocenters. The number of carbonyl (C=O) groups excluding carboxylic acids is 4. The van der Waals surface area contributed by atoms with E-state index < -0.39 is 17.5 Å². The standard InChI is InChI=1S/C25H23N3O2.C23H17F2N3O2/c1-16-9-11-20-22(14-16)28(19-7-5-4-6-8-19)23-15-17(2)13-21(25(23)27-20)26-24(30)12-10-18(3)29;1-14(29)7-10-22(30)26-19-11-16(25)13-21-23(19)27-18-9-8-15(24)12-20(18)28(21)17-5-3-2-4-6-17/h4-9,11,13-15H,10,12H2,1-3H3;2-6,8-9,11-13H,7,10H2,1H3/p+2. The Labute approximate surface area is 344 Å². The average molecular weight is 805 g/mol. The minimum Gasteiger partial charge on any atom is -0.324 e. The number of anilines is 2. The second-order valence-electron chi connectivity index (χ2n) is 14.7. The number of benzene rings is 6. The van der Waals surface area contributed by atoms with Gasteiger partial charge in [0.2, 0.25) is 45.3 Å². The number of aryl methyl sites for hydroxylation is 2. The zero-order valence-corrected chi connectivity index (χ0v) is 33.6. The van der Waals surface area contributed by atoms with Crippen LogP contribution in [0.3, 0.4) is 0 Å². The molecule has 10 nitrogen and oxygen atoms in total. The van der Waals surface area contributed by atoms with Gasteiger partial charge in [-0.25, -0.2) is 18.7 Å². The van der Waals surface area contributed by atoms with Crippen LogP contribution in [0, 0.1) is 25.5 Å². The number of hydrogen-bond acceptors (Lipinski definition) is 6. The number of fused-ring (bicyclic) bond motifs is 4.